The summed E-state index contributed by atoms with van der Waals surface area (Å²) in [5, 5.41) is 16.1. The van der Waals surface area contributed by atoms with Crippen molar-refractivity contribution in [3.63, 3.8) is 0 Å². The predicted molar refractivity (Wildman–Crippen MR) is 165 cm³/mol. The van der Waals surface area contributed by atoms with Gasteiger partial charge in [0, 0.05) is 59.8 Å². The monoisotopic (exact) mass is 558 g/mol. The van der Waals surface area contributed by atoms with Crippen LogP contribution in [0.1, 0.15) is 40.2 Å². The third kappa shape index (κ3) is 5.03. The first-order chi connectivity index (χ1) is 20.1. The molecule has 2 aromatic heterocycles. The second kappa shape index (κ2) is 10.5. The molecule has 3 heterocycles. The van der Waals surface area contributed by atoms with Crippen molar-refractivity contribution in [2.45, 2.75) is 52.3 Å². The molecule has 2 atom stereocenters. The zero-order valence-electron chi connectivity index (χ0n) is 24.6. The number of amides is 1. The van der Waals surface area contributed by atoms with Gasteiger partial charge in [0.2, 0.25) is 0 Å². The average molecular weight is 559 g/mol. The molecule has 1 saturated heterocycles. The minimum Gasteiger partial charge on any atom is -0.444 e. The number of piperazine rings is 1. The number of aromatic nitrogens is 3. The lowest BCUT2D eigenvalue weighted by Crippen LogP contribution is -2.58. The minimum atomic E-state index is -0.510. The van der Waals surface area contributed by atoms with Crippen molar-refractivity contribution in [1.29, 1.82) is 5.26 Å². The third-order valence-corrected chi connectivity index (χ3v) is 7.76. The number of anilines is 1. The Hall–Kier alpha value is -4.90. The van der Waals surface area contributed by atoms with E-state index in [2.05, 4.69) is 54.2 Å². The van der Waals surface area contributed by atoms with Crippen molar-refractivity contribution in [2.75, 3.05) is 18.0 Å². The van der Waals surface area contributed by atoms with E-state index in [4.69, 9.17) is 9.72 Å². The van der Waals surface area contributed by atoms with Crippen molar-refractivity contribution in [3.05, 3.63) is 84.8 Å². The summed E-state index contributed by atoms with van der Waals surface area (Å²) < 4.78 is 7.42. The van der Waals surface area contributed by atoms with Crippen LogP contribution in [0, 0.1) is 11.3 Å². The molecule has 42 heavy (non-hydrogen) atoms. The third-order valence-electron chi connectivity index (χ3n) is 7.76. The molecular formula is C34H34N6O2. The van der Waals surface area contributed by atoms with Crippen LogP contribution in [0.5, 0.6) is 0 Å². The van der Waals surface area contributed by atoms with Gasteiger partial charge in [0.25, 0.3) is 0 Å². The number of rotatable bonds is 3. The molecule has 5 aromatic rings. The number of nitrogens with zero attached hydrogens (tertiary/aromatic N) is 6. The molecule has 8 heteroatoms. The molecule has 212 valence electrons. The van der Waals surface area contributed by atoms with E-state index >= 15 is 0 Å². The summed E-state index contributed by atoms with van der Waals surface area (Å²) >= 11 is 0. The van der Waals surface area contributed by atoms with Gasteiger partial charge in [0.05, 0.1) is 17.8 Å². The fourth-order valence-corrected chi connectivity index (χ4v) is 5.99. The number of nitriles is 1. The number of ether oxygens (including phenoxy) is 1. The van der Waals surface area contributed by atoms with Crippen LogP contribution in [-0.4, -0.2) is 56.4 Å². The summed E-state index contributed by atoms with van der Waals surface area (Å²) in [6.07, 6.45) is 5.46. The fourth-order valence-electron chi connectivity index (χ4n) is 5.99. The summed E-state index contributed by atoms with van der Waals surface area (Å²) in [7, 11) is 0. The molecule has 0 spiro atoms. The number of hydrogen-bond acceptors (Lipinski definition) is 6. The molecule has 0 aliphatic carbocycles. The lowest BCUT2D eigenvalue weighted by molar-refractivity contribution is 0.0193. The zero-order valence-corrected chi connectivity index (χ0v) is 24.6. The van der Waals surface area contributed by atoms with E-state index in [0.29, 0.717) is 18.7 Å². The van der Waals surface area contributed by atoms with Gasteiger partial charge in [-0.2, -0.15) is 10.4 Å². The summed E-state index contributed by atoms with van der Waals surface area (Å²) in [4.78, 5) is 21.7. The number of hydrogen-bond donors (Lipinski definition) is 0. The van der Waals surface area contributed by atoms with Crippen LogP contribution in [0.4, 0.5) is 10.5 Å². The molecule has 6 rings (SSSR count). The SMILES string of the molecule is CC1CN(C(=O)OC(C)(C)C)CC(C)N1c1ccc(-c2cnc3c(-c4cccc5c(C#N)cccc45)cnn3c2)cc1. The smallest absolute Gasteiger partial charge is 0.410 e. The van der Waals surface area contributed by atoms with E-state index in [1.165, 1.54) is 0 Å². The second-order valence-electron chi connectivity index (χ2n) is 12.0. The highest BCUT2D eigenvalue weighted by molar-refractivity contribution is 6.01. The molecule has 0 N–H and O–H groups in total. The van der Waals surface area contributed by atoms with E-state index in [1.54, 1.807) is 0 Å². The first-order valence-electron chi connectivity index (χ1n) is 14.3. The van der Waals surface area contributed by atoms with Crippen LogP contribution in [-0.2, 0) is 4.74 Å². The van der Waals surface area contributed by atoms with Gasteiger partial charge in [-0.3, -0.25) is 0 Å². The Bertz CT molecular complexity index is 1820. The maximum absolute atomic E-state index is 12.7. The van der Waals surface area contributed by atoms with Crippen molar-refractivity contribution in [2.24, 2.45) is 0 Å². The highest BCUT2D eigenvalue weighted by Crippen LogP contribution is 2.33. The van der Waals surface area contributed by atoms with Crippen LogP contribution in [0.2, 0.25) is 0 Å². The van der Waals surface area contributed by atoms with E-state index in [1.807, 2.05) is 85.2 Å². The van der Waals surface area contributed by atoms with Crippen LogP contribution in [0.3, 0.4) is 0 Å². The summed E-state index contributed by atoms with van der Waals surface area (Å²) in [5.41, 5.74) is 5.94. The Labute approximate surface area is 245 Å². The van der Waals surface area contributed by atoms with Gasteiger partial charge >= 0.3 is 6.09 Å². The second-order valence-corrected chi connectivity index (χ2v) is 12.0. The Morgan fingerprint density at radius 1 is 0.905 bits per heavy atom. The normalized spacial score (nSPS) is 17.4. The molecular weight excluding hydrogens is 524 g/mol. The molecule has 0 radical (unpaired) electrons. The highest BCUT2D eigenvalue weighted by atomic mass is 16.6. The zero-order chi connectivity index (χ0) is 29.6. The Morgan fingerprint density at radius 3 is 2.29 bits per heavy atom. The van der Waals surface area contributed by atoms with Crippen molar-refractivity contribution >= 4 is 28.2 Å². The first kappa shape index (κ1) is 27.3. The standard InChI is InChI=1S/C34H34N6O2/c1-22-19-38(33(41)42-34(3,4)5)20-23(2)40(22)27-14-12-24(13-15-27)26-17-36-32-31(18-37-39(32)21-26)30-11-7-9-28-25(16-35)8-6-10-29(28)30/h6-15,17-18,21-23H,19-20H2,1-5H3. The van der Waals surface area contributed by atoms with Gasteiger partial charge in [-0.15, -0.1) is 0 Å². The van der Waals surface area contributed by atoms with Crippen molar-refractivity contribution in [1.82, 2.24) is 19.5 Å². The van der Waals surface area contributed by atoms with Crippen LogP contribution in [0.25, 0.3) is 38.7 Å². The van der Waals surface area contributed by atoms with Gasteiger partial charge in [0.15, 0.2) is 5.65 Å². The molecule has 8 nitrogen and oxygen atoms in total. The van der Waals surface area contributed by atoms with Crippen molar-refractivity contribution < 1.29 is 9.53 Å². The molecule has 3 aromatic carbocycles. The maximum atomic E-state index is 12.7. The van der Waals surface area contributed by atoms with Gasteiger partial charge in [0.1, 0.15) is 5.60 Å². The van der Waals surface area contributed by atoms with Crippen LogP contribution in [0.15, 0.2) is 79.3 Å². The number of carbonyl (C=O) groups excluding carboxylic acids is 1. The number of benzene rings is 3. The average Bonchev–Trinajstić information content (AvgIpc) is 3.39. The largest absolute Gasteiger partial charge is 0.444 e. The van der Waals surface area contributed by atoms with E-state index in [0.717, 1.165) is 44.4 Å². The molecule has 2 unspecified atom stereocenters. The van der Waals surface area contributed by atoms with E-state index in [-0.39, 0.29) is 18.2 Å². The van der Waals surface area contributed by atoms with Crippen LogP contribution >= 0.6 is 0 Å². The Balaban J connectivity index is 1.24. The molecule has 1 amide bonds. The van der Waals surface area contributed by atoms with Gasteiger partial charge in [-0.25, -0.2) is 14.3 Å². The lowest BCUT2D eigenvalue weighted by atomic mass is 9.97. The minimum absolute atomic E-state index is 0.144. The molecule has 1 aliphatic heterocycles. The Morgan fingerprint density at radius 2 is 1.60 bits per heavy atom. The molecule has 1 aliphatic rings. The summed E-state index contributed by atoms with van der Waals surface area (Å²) in [6.45, 7) is 11.2. The van der Waals surface area contributed by atoms with Crippen LogP contribution < -0.4 is 4.90 Å². The highest BCUT2D eigenvalue weighted by Gasteiger charge is 2.34. The Kier molecular flexibility index (Phi) is 6.82. The van der Waals surface area contributed by atoms with E-state index < -0.39 is 5.60 Å². The number of carbonyl (C=O) groups is 1. The quantitative estimate of drug-likeness (QED) is 0.239. The predicted octanol–water partition coefficient (Wildman–Crippen LogP) is 6.92. The molecule has 0 saturated carbocycles. The van der Waals surface area contributed by atoms with Crippen molar-refractivity contribution in [3.8, 4) is 28.3 Å². The maximum Gasteiger partial charge on any atom is 0.410 e. The van der Waals surface area contributed by atoms with E-state index in [9.17, 15) is 10.1 Å². The van der Waals surface area contributed by atoms with Gasteiger partial charge in [-0.1, -0.05) is 42.5 Å². The fraction of sp³-hybridized carbons (Fsp3) is 0.294. The topological polar surface area (TPSA) is 86.8 Å². The molecule has 1 fully saturated rings. The first-order valence-corrected chi connectivity index (χ1v) is 14.3. The summed E-state index contributed by atoms with van der Waals surface area (Å²) in [5.74, 6) is 0. The number of fused-ring (bicyclic) bond motifs is 2. The lowest BCUT2D eigenvalue weighted by Gasteiger charge is -2.45. The summed E-state index contributed by atoms with van der Waals surface area (Å²) in [6, 6.07) is 22.8. The van der Waals surface area contributed by atoms with Gasteiger partial charge in [-0.05, 0) is 69.3 Å². The van der Waals surface area contributed by atoms with Gasteiger partial charge < -0.3 is 14.5 Å². The molecule has 0 bridgehead atoms.